The lowest BCUT2D eigenvalue weighted by molar-refractivity contribution is -0.154. The van der Waals surface area contributed by atoms with Gasteiger partial charge in [0.2, 0.25) is 0 Å². The third kappa shape index (κ3) is 4.01. The number of ether oxygens (including phenoxy) is 1. The summed E-state index contributed by atoms with van der Waals surface area (Å²) < 4.78 is 23.7. The molecule has 1 aliphatic carbocycles. The zero-order valence-electron chi connectivity index (χ0n) is 14.8. The Labute approximate surface area is 149 Å². The fraction of sp³-hybridized carbons (Fsp3) is 0.450. The minimum Gasteiger partial charge on any atom is -0.463 e. The molecule has 4 atom stereocenters. The highest BCUT2D eigenvalue weighted by atomic mass is 31.1. The molecule has 25 heavy (non-hydrogen) atoms. The Morgan fingerprint density at radius 3 is 2.44 bits per heavy atom. The molecule has 0 radical (unpaired) electrons. The lowest BCUT2D eigenvalue weighted by Crippen LogP contribution is -2.39. The quantitative estimate of drug-likeness (QED) is 0.517. The van der Waals surface area contributed by atoms with Crippen molar-refractivity contribution in [3.63, 3.8) is 0 Å². The Hall–Kier alpha value is -1.93. The number of carbonyl (C=O) groups is 1. The van der Waals surface area contributed by atoms with Crippen LogP contribution < -0.4 is 4.52 Å². The van der Waals surface area contributed by atoms with E-state index >= 15 is 0 Å². The van der Waals surface area contributed by atoms with Gasteiger partial charge < -0.3 is 4.74 Å². The molecule has 0 bridgehead atoms. The summed E-state index contributed by atoms with van der Waals surface area (Å²) in [7, 11) is -1.86. The van der Waals surface area contributed by atoms with Gasteiger partial charge in [-0.05, 0) is 54.2 Å². The highest BCUT2D eigenvalue weighted by molar-refractivity contribution is 7.40. The molecule has 132 valence electrons. The van der Waals surface area contributed by atoms with E-state index in [2.05, 4.69) is 0 Å². The number of esters is 1. The Kier molecular flexibility index (Phi) is 5.39. The monoisotopic (exact) mass is 359 g/mol. The van der Waals surface area contributed by atoms with E-state index in [1.54, 1.807) is 0 Å². The second-order valence-electron chi connectivity index (χ2n) is 6.97. The van der Waals surface area contributed by atoms with E-state index in [1.807, 2.05) is 63.2 Å². The molecule has 1 saturated carbocycles. The fourth-order valence-electron chi connectivity index (χ4n) is 3.26. The summed E-state index contributed by atoms with van der Waals surface area (Å²) in [5, 5.41) is 2.18. The number of carbonyl (C=O) groups excluding carboxylic acids is 1. The van der Waals surface area contributed by atoms with Crippen molar-refractivity contribution in [1.82, 2.24) is 0 Å². The van der Waals surface area contributed by atoms with Crippen LogP contribution in [0.3, 0.4) is 0 Å². The first-order chi connectivity index (χ1) is 12.0. The molecule has 0 aromatic heterocycles. The highest BCUT2D eigenvalue weighted by Crippen LogP contribution is 2.50. The van der Waals surface area contributed by atoms with Crippen LogP contribution in [-0.4, -0.2) is 17.7 Å². The molecule has 1 aliphatic rings. The van der Waals surface area contributed by atoms with Gasteiger partial charge in [0.25, 0.3) is 0 Å². The largest absolute Gasteiger partial charge is 0.559 e. The van der Waals surface area contributed by atoms with Crippen molar-refractivity contribution in [3.8, 4) is 5.75 Å². The molecular formula is C20H24O4P+. The van der Waals surface area contributed by atoms with E-state index in [0.29, 0.717) is 5.75 Å². The van der Waals surface area contributed by atoms with Gasteiger partial charge in [-0.3, -0.25) is 9.32 Å². The lowest BCUT2D eigenvalue weighted by Gasteiger charge is -2.32. The van der Waals surface area contributed by atoms with Crippen molar-refractivity contribution in [2.75, 3.05) is 0 Å². The molecule has 0 aliphatic heterocycles. The summed E-state index contributed by atoms with van der Waals surface area (Å²) in [6.07, 6.45) is 1.59. The van der Waals surface area contributed by atoms with Crippen LogP contribution in [0, 0.1) is 11.8 Å². The Balaban J connectivity index is 1.65. The van der Waals surface area contributed by atoms with Crippen LogP contribution >= 0.6 is 8.03 Å². The van der Waals surface area contributed by atoms with E-state index in [1.165, 1.54) is 0 Å². The predicted molar refractivity (Wildman–Crippen MR) is 99.1 cm³/mol. The van der Waals surface area contributed by atoms with E-state index < -0.39 is 8.03 Å². The number of benzene rings is 2. The molecule has 0 heterocycles. The summed E-state index contributed by atoms with van der Waals surface area (Å²) in [4.78, 5) is 12.1. The van der Waals surface area contributed by atoms with Crippen LogP contribution in [0.4, 0.5) is 0 Å². The second-order valence-corrected chi connectivity index (χ2v) is 8.39. The van der Waals surface area contributed by atoms with E-state index in [9.17, 15) is 9.36 Å². The minimum atomic E-state index is -1.86. The fourth-order valence-corrected chi connectivity index (χ4v) is 4.80. The van der Waals surface area contributed by atoms with Gasteiger partial charge >= 0.3 is 14.0 Å². The summed E-state index contributed by atoms with van der Waals surface area (Å²) in [6.45, 7) is 5.54. The van der Waals surface area contributed by atoms with Crippen molar-refractivity contribution in [1.29, 1.82) is 0 Å². The molecule has 0 N–H and O–H groups in total. The van der Waals surface area contributed by atoms with Gasteiger partial charge in [0.05, 0.1) is 12.0 Å². The maximum atomic E-state index is 12.7. The molecule has 3 rings (SSSR count). The smallest absolute Gasteiger partial charge is 0.463 e. The van der Waals surface area contributed by atoms with Crippen molar-refractivity contribution in [2.24, 2.45) is 11.8 Å². The van der Waals surface area contributed by atoms with Crippen LogP contribution in [0.2, 0.25) is 0 Å². The maximum absolute atomic E-state index is 12.7. The van der Waals surface area contributed by atoms with Gasteiger partial charge in [-0.2, -0.15) is 0 Å². The number of hydrogen-bond acceptors (Lipinski definition) is 4. The summed E-state index contributed by atoms with van der Waals surface area (Å²) in [6, 6.07) is 13.7. The SMILES string of the molecule is CC(C)OC(=O)[C@H](C)C1CCC1[P+](=O)Oc1ccc2ccccc2c1. The second kappa shape index (κ2) is 7.53. The zero-order valence-corrected chi connectivity index (χ0v) is 15.7. The van der Waals surface area contributed by atoms with Gasteiger partial charge in [0.15, 0.2) is 11.4 Å². The van der Waals surface area contributed by atoms with Gasteiger partial charge in [-0.25, -0.2) is 0 Å². The Bertz CT molecular complexity index is 786. The topological polar surface area (TPSA) is 52.6 Å². The highest BCUT2D eigenvalue weighted by Gasteiger charge is 2.52. The first-order valence-electron chi connectivity index (χ1n) is 8.79. The summed E-state index contributed by atoms with van der Waals surface area (Å²) in [5.74, 6) is 0.220. The average Bonchev–Trinajstić information content (AvgIpc) is 2.53. The van der Waals surface area contributed by atoms with Crippen LogP contribution in [0.15, 0.2) is 42.5 Å². The molecule has 0 saturated heterocycles. The molecule has 0 spiro atoms. The van der Waals surface area contributed by atoms with E-state index in [0.717, 1.165) is 23.6 Å². The Morgan fingerprint density at radius 1 is 1.08 bits per heavy atom. The standard InChI is InChI=1S/C20H24O4P/c1-13(2)23-20(21)14(3)18-10-11-19(18)25(22)24-17-9-8-15-6-4-5-7-16(15)12-17/h4-9,12-14,18-19H,10-11H2,1-3H3/q+1/t14-,18?,19?/m1/s1. The predicted octanol–water partition coefficient (Wildman–Crippen LogP) is 5.33. The molecule has 5 heteroatoms. The normalized spacial score (nSPS) is 21.5. The molecule has 4 nitrogen and oxygen atoms in total. The molecular weight excluding hydrogens is 335 g/mol. The van der Waals surface area contributed by atoms with Crippen LogP contribution in [0.25, 0.3) is 10.8 Å². The number of rotatable bonds is 6. The average molecular weight is 359 g/mol. The van der Waals surface area contributed by atoms with Crippen LogP contribution in [0.1, 0.15) is 33.6 Å². The molecule has 2 aromatic rings. The maximum Gasteiger partial charge on any atom is 0.559 e. The van der Waals surface area contributed by atoms with Crippen molar-refractivity contribution >= 4 is 24.8 Å². The first kappa shape index (κ1) is 17.9. The number of hydrogen-bond donors (Lipinski definition) is 0. The van der Waals surface area contributed by atoms with Crippen LogP contribution in [0.5, 0.6) is 5.75 Å². The van der Waals surface area contributed by atoms with Gasteiger partial charge in [-0.1, -0.05) is 37.3 Å². The zero-order chi connectivity index (χ0) is 18.0. The molecule has 3 unspecified atom stereocenters. The van der Waals surface area contributed by atoms with Crippen molar-refractivity contribution in [3.05, 3.63) is 42.5 Å². The minimum absolute atomic E-state index is 0.0651. The van der Waals surface area contributed by atoms with Gasteiger partial charge in [0, 0.05) is 5.92 Å². The summed E-state index contributed by atoms with van der Waals surface area (Å²) >= 11 is 0. The third-order valence-electron chi connectivity index (χ3n) is 4.84. The molecule has 2 aromatic carbocycles. The van der Waals surface area contributed by atoms with E-state index in [4.69, 9.17) is 9.26 Å². The van der Waals surface area contributed by atoms with Crippen molar-refractivity contribution < 1.29 is 18.6 Å². The third-order valence-corrected chi connectivity index (χ3v) is 6.42. The van der Waals surface area contributed by atoms with Gasteiger partial charge in [-0.15, -0.1) is 0 Å². The Morgan fingerprint density at radius 2 is 1.80 bits per heavy atom. The van der Waals surface area contributed by atoms with Crippen molar-refractivity contribution in [2.45, 2.75) is 45.4 Å². The first-order valence-corrected chi connectivity index (χ1v) is 10.0. The number of fused-ring (bicyclic) bond motifs is 1. The summed E-state index contributed by atoms with van der Waals surface area (Å²) in [5.41, 5.74) is -0.0869. The lowest BCUT2D eigenvalue weighted by atomic mass is 9.76. The van der Waals surface area contributed by atoms with E-state index in [-0.39, 0.29) is 29.6 Å². The van der Waals surface area contributed by atoms with Crippen LogP contribution in [-0.2, 0) is 14.1 Å². The van der Waals surface area contributed by atoms with Gasteiger partial charge in [0.1, 0.15) is 0 Å². The molecule has 0 amide bonds. The molecule has 1 fully saturated rings.